The highest BCUT2D eigenvalue weighted by Gasteiger charge is 2.40. The molecule has 0 aliphatic carbocycles. The third-order valence-electron chi connectivity index (χ3n) is 1.26. The predicted octanol–water partition coefficient (Wildman–Crippen LogP) is 2.48. The van der Waals surface area contributed by atoms with E-state index in [-0.39, 0.29) is 0 Å². The van der Waals surface area contributed by atoms with Crippen LogP contribution in [0.3, 0.4) is 0 Å². The van der Waals surface area contributed by atoms with Crippen LogP contribution in [0.4, 0.5) is 13.2 Å². The van der Waals surface area contributed by atoms with Crippen molar-refractivity contribution in [3.05, 3.63) is 29.0 Å². The van der Waals surface area contributed by atoms with E-state index >= 15 is 0 Å². The number of carbonyl (C=O) groups excluding carboxylic acids is 1. The van der Waals surface area contributed by atoms with Gasteiger partial charge in [-0.3, -0.25) is 4.79 Å². The summed E-state index contributed by atoms with van der Waals surface area (Å²) in [6.07, 6.45) is -3.71. The number of hydrogen-bond donors (Lipinski definition) is 0. The van der Waals surface area contributed by atoms with Crippen LogP contribution in [0.15, 0.2) is 18.3 Å². The summed E-state index contributed by atoms with van der Waals surface area (Å²) >= 11 is 5.29. The highest BCUT2D eigenvalue weighted by molar-refractivity contribution is 6.33. The molecule has 0 atom stereocenters. The molecule has 70 valence electrons. The average molecular weight is 210 g/mol. The molecular formula is C7H3ClF3NO. The number of pyridine rings is 1. The fraction of sp³-hybridized carbons (Fsp3) is 0.143. The van der Waals surface area contributed by atoms with Crippen molar-refractivity contribution in [2.75, 3.05) is 0 Å². The molecule has 0 aliphatic heterocycles. The molecule has 0 fully saturated rings. The van der Waals surface area contributed by atoms with Gasteiger partial charge >= 0.3 is 6.18 Å². The van der Waals surface area contributed by atoms with E-state index in [1.807, 2.05) is 0 Å². The topological polar surface area (TPSA) is 30.0 Å². The quantitative estimate of drug-likeness (QED) is 0.525. The Morgan fingerprint density at radius 1 is 1.46 bits per heavy atom. The third-order valence-corrected chi connectivity index (χ3v) is 1.56. The summed E-state index contributed by atoms with van der Waals surface area (Å²) < 4.78 is 35.6. The van der Waals surface area contributed by atoms with Gasteiger partial charge in [0.2, 0.25) is 0 Å². The Labute approximate surface area is 76.3 Å². The lowest BCUT2D eigenvalue weighted by atomic mass is 10.2. The Hall–Kier alpha value is -1.10. The lowest BCUT2D eigenvalue weighted by molar-refractivity contribution is -0.0885. The Bertz CT molecular complexity index is 337. The summed E-state index contributed by atoms with van der Waals surface area (Å²) in [5, 5.41) is -0.440. The molecule has 0 saturated heterocycles. The maximum atomic E-state index is 11.9. The van der Waals surface area contributed by atoms with E-state index in [1.165, 1.54) is 12.3 Å². The molecule has 0 saturated carbocycles. The van der Waals surface area contributed by atoms with Crippen molar-refractivity contribution in [2.24, 2.45) is 0 Å². The molecule has 1 aromatic heterocycles. The SMILES string of the molecule is O=C(c1cccnc1Cl)C(F)(F)F. The monoisotopic (exact) mass is 209 g/mol. The van der Waals surface area contributed by atoms with Crippen LogP contribution >= 0.6 is 11.6 Å². The van der Waals surface area contributed by atoms with E-state index in [1.54, 1.807) is 0 Å². The Morgan fingerprint density at radius 3 is 2.54 bits per heavy atom. The van der Waals surface area contributed by atoms with Gasteiger partial charge in [0.15, 0.2) is 0 Å². The second kappa shape index (κ2) is 3.33. The van der Waals surface area contributed by atoms with Crippen molar-refractivity contribution in [1.29, 1.82) is 0 Å². The minimum absolute atomic E-state index is 0.440. The second-order valence-corrected chi connectivity index (χ2v) is 2.53. The van der Waals surface area contributed by atoms with E-state index in [9.17, 15) is 18.0 Å². The van der Waals surface area contributed by atoms with Crippen LogP contribution in [0.1, 0.15) is 10.4 Å². The Balaban J connectivity index is 3.10. The van der Waals surface area contributed by atoms with Crippen LogP contribution in [0.25, 0.3) is 0 Å². The van der Waals surface area contributed by atoms with Gasteiger partial charge < -0.3 is 0 Å². The molecule has 13 heavy (non-hydrogen) atoms. The molecular weight excluding hydrogens is 207 g/mol. The van der Waals surface area contributed by atoms with Gasteiger partial charge in [-0.05, 0) is 12.1 Å². The molecule has 1 rings (SSSR count). The van der Waals surface area contributed by atoms with Crippen molar-refractivity contribution >= 4 is 17.4 Å². The van der Waals surface area contributed by atoms with Gasteiger partial charge in [-0.2, -0.15) is 13.2 Å². The van der Waals surface area contributed by atoms with E-state index < -0.39 is 22.7 Å². The first-order valence-electron chi connectivity index (χ1n) is 3.15. The van der Waals surface area contributed by atoms with E-state index in [0.29, 0.717) is 0 Å². The molecule has 1 aromatic rings. The Kier molecular flexibility index (Phi) is 2.56. The number of halogens is 4. The molecule has 0 unspecified atom stereocenters. The molecule has 0 aliphatic rings. The van der Waals surface area contributed by atoms with E-state index in [4.69, 9.17) is 11.6 Å². The first kappa shape index (κ1) is 9.98. The van der Waals surface area contributed by atoms with Gasteiger partial charge in [-0.25, -0.2) is 4.98 Å². The molecule has 0 N–H and O–H groups in total. The number of nitrogens with zero attached hydrogens (tertiary/aromatic N) is 1. The zero-order valence-corrected chi connectivity index (χ0v) is 6.86. The normalized spacial score (nSPS) is 11.4. The second-order valence-electron chi connectivity index (χ2n) is 2.17. The number of alkyl halides is 3. The summed E-state index contributed by atoms with van der Waals surface area (Å²) in [5.41, 5.74) is -0.628. The number of ketones is 1. The van der Waals surface area contributed by atoms with Crippen molar-refractivity contribution in [2.45, 2.75) is 6.18 Å². The molecule has 0 aromatic carbocycles. The fourth-order valence-corrected chi connectivity index (χ4v) is 0.913. The van der Waals surface area contributed by atoms with Crippen LogP contribution in [-0.4, -0.2) is 16.9 Å². The molecule has 2 nitrogen and oxygen atoms in total. The molecule has 0 radical (unpaired) electrons. The number of rotatable bonds is 1. The van der Waals surface area contributed by atoms with Crippen molar-refractivity contribution < 1.29 is 18.0 Å². The van der Waals surface area contributed by atoms with Gasteiger partial charge in [-0.1, -0.05) is 11.6 Å². The van der Waals surface area contributed by atoms with Crippen molar-refractivity contribution in [3.63, 3.8) is 0 Å². The van der Waals surface area contributed by atoms with Crippen LogP contribution in [0.2, 0.25) is 5.15 Å². The van der Waals surface area contributed by atoms with Crippen LogP contribution in [0, 0.1) is 0 Å². The third kappa shape index (κ3) is 2.18. The van der Waals surface area contributed by atoms with Gasteiger partial charge in [-0.15, -0.1) is 0 Å². The van der Waals surface area contributed by atoms with Crippen molar-refractivity contribution in [1.82, 2.24) is 4.98 Å². The standard InChI is InChI=1S/C7H3ClF3NO/c8-6-4(2-1-3-12-6)5(13)7(9,10)11/h1-3H. The minimum atomic E-state index is -4.91. The number of Topliss-reactive ketones (excluding diaryl/α,β-unsaturated/α-hetero) is 1. The molecule has 1 heterocycles. The summed E-state index contributed by atoms with van der Waals surface area (Å²) in [4.78, 5) is 14.0. The molecule has 0 amide bonds. The fourth-order valence-electron chi connectivity index (χ4n) is 0.708. The highest BCUT2D eigenvalue weighted by Crippen LogP contribution is 2.24. The summed E-state index contributed by atoms with van der Waals surface area (Å²) in [6.45, 7) is 0. The zero-order chi connectivity index (χ0) is 10.1. The van der Waals surface area contributed by atoms with E-state index in [0.717, 1.165) is 6.07 Å². The molecule has 6 heteroatoms. The maximum Gasteiger partial charge on any atom is 0.454 e. The van der Waals surface area contributed by atoms with Gasteiger partial charge in [0.25, 0.3) is 5.78 Å². The summed E-state index contributed by atoms with van der Waals surface area (Å²) in [7, 11) is 0. The first-order valence-corrected chi connectivity index (χ1v) is 3.53. The van der Waals surface area contributed by atoms with Gasteiger partial charge in [0, 0.05) is 6.20 Å². The van der Waals surface area contributed by atoms with Crippen LogP contribution in [0.5, 0.6) is 0 Å². The highest BCUT2D eigenvalue weighted by atomic mass is 35.5. The summed E-state index contributed by atoms with van der Waals surface area (Å²) in [5.74, 6) is -1.98. The smallest absolute Gasteiger partial charge is 0.284 e. The van der Waals surface area contributed by atoms with E-state index in [2.05, 4.69) is 4.98 Å². The average Bonchev–Trinajstić information content (AvgIpc) is 2.02. The minimum Gasteiger partial charge on any atom is -0.284 e. The first-order chi connectivity index (χ1) is 5.93. The van der Waals surface area contributed by atoms with Crippen molar-refractivity contribution in [3.8, 4) is 0 Å². The molecule has 0 spiro atoms. The number of aromatic nitrogens is 1. The van der Waals surface area contributed by atoms with Gasteiger partial charge in [0.05, 0.1) is 5.56 Å². The lowest BCUT2D eigenvalue weighted by Crippen LogP contribution is -2.23. The maximum absolute atomic E-state index is 11.9. The Morgan fingerprint density at radius 2 is 2.08 bits per heavy atom. The predicted molar refractivity (Wildman–Crippen MR) is 39.6 cm³/mol. The molecule has 0 bridgehead atoms. The van der Waals surface area contributed by atoms with Crippen LogP contribution < -0.4 is 0 Å². The summed E-state index contributed by atoms with van der Waals surface area (Å²) in [6, 6.07) is 2.19. The lowest BCUT2D eigenvalue weighted by Gasteiger charge is -2.05. The van der Waals surface area contributed by atoms with Crippen LogP contribution in [-0.2, 0) is 0 Å². The number of carbonyl (C=O) groups is 1. The zero-order valence-electron chi connectivity index (χ0n) is 6.10. The van der Waals surface area contributed by atoms with Gasteiger partial charge in [0.1, 0.15) is 5.15 Å². The largest absolute Gasteiger partial charge is 0.454 e. The number of hydrogen-bond acceptors (Lipinski definition) is 2.